The Balaban J connectivity index is 1.46. The van der Waals surface area contributed by atoms with Gasteiger partial charge in [0.05, 0.1) is 29.6 Å². The summed E-state index contributed by atoms with van der Waals surface area (Å²) in [6, 6.07) is 9.58. The van der Waals surface area contributed by atoms with Crippen LogP contribution in [0.25, 0.3) is 22.0 Å². The molecule has 0 saturated carbocycles. The lowest BCUT2D eigenvalue weighted by molar-refractivity contribution is 0.282. The molecule has 0 fully saturated rings. The van der Waals surface area contributed by atoms with E-state index in [1.807, 2.05) is 37.3 Å². The van der Waals surface area contributed by atoms with E-state index in [4.69, 9.17) is 16.0 Å². The Kier molecular flexibility index (Phi) is 4.82. The summed E-state index contributed by atoms with van der Waals surface area (Å²) in [6.45, 7) is 2.42. The number of halogens is 1. The van der Waals surface area contributed by atoms with Crippen molar-refractivity contribution in [1.29, 1.82) is 0 Å². The van der Waals surface area contributed by atoms with Crippen molar-refractivity contribution in [2.45, 2.75) is 20.1 Å². The van der Waals surface area contributed by atoms with Crippen molar-refractivity contribution < 1.29 is 9.52 Å². The summed E-state index contributed by atoms with van der Waals surface area (Å²) in [7, 11) is 0. The standard InChI is InChI=1S/C21H16ClN5O2S/c1-11-10-29-19(24-11)14-4-12(9-28)5-15(6-14)20-26-27-21(30-20)25-17-3-2-13-7-23-8-16(13)18(17)22/h2-6,8,10,28H,7,9H2,1H3,(H,25,27). The smallest absolute Gasteiger partial charge is 0.226 e. The summed E-state index contributed by atoms with van der Waals surface area (Å²) >= 11 is 7.91. The van der Waals surface area contributed by atoms with E-state index in [2.05, 4.69) is 25.5 Å². The van der Waals surface area contributed by atoms with Crippen molar-refractivity contribution in [2.75, 3.05) is 5.32 Å². The Morgan fingerprint density at radius 3 is 2.87 bits per heavy atom. The topological polar surface area (TPSA) is 96.4 Å². The molecule has 0 radical (unpaired) electrons. The molecular formula is C21H16ClN5O2S. The molecule has 0 atom stereocenters. The number of hydrogen-bond acceptors (Lipinski definition) is 8. The van der Waals surface area contributed by atoms with E-state index in [9.17, 15) is 5.11 Å². The molecule has 1 aliphatic heterocycles. The maximum Gasteiger partial charge on any atom is 0.226 e. The van der Waals surface area contributed by atoms with Crippen molar-refractivity contribution in [1.82, 2.24) is 15.2 Å². The summed E-state index contributed by atoms with van der Waals surface area (Å²) in [5.41, 5.74) is 5.93. The fourth-order valence-electron chi connectivity index (χ4n) is 3.26. The summed E-state index contributed by atoms with van der Waals surface area (Å²) < 4.78 is 5.51. The highest BCUT2D eigenvalue weighted by Gasteiger charge is 2.16. The monoisotopic (exact) mass is 437 g/mol. The second-order valence-corrected chi connectivity index (χ2v) is 8.23. The Labute approximate surface area is 181 Å². The first-order chi connectivity index (χ1) is 14.6. The summed E-state index contributed by atoms with van der Waals surface area (Å²) in [5.74, 6) is 0.499. The number of nitrogens with zero attached hydrogens (tertiary/aromatic N) is 4. The quantitative estimate of drug-likeness (QED) is 0.456. The highest BCUT2D eigenvalue weighted by molar-refractivity contribution is 7.18. The van der Waals surface area contributed by atoms with Crippen molar-refractivity contribution in [3.05, 3.63) is 64.0 Å². The van der Waals surface area contributed by atoms with E-state index >= 15 is 0 Å². The number of aliphatic hydroxyl groups excluding tert-OH is 1. The molecule has 2 aromatic heterocycles. The van der Waals surface area contributed by atoms with E-state index in [1.165, 1.54) is 11.3 Å². The maximum absolute atomic E-state index is 9.67. The minimum atomic E-state index is -0.100. The third-order valence-corrected chi connectivity index (χ3v) is 6.00. The van der Waals surface area contributed by atoms with E-state index in [-0.39, 0.29) is 6.61 Å². The number of aromatic nitrogens is 3. The molecule has 0 unspecified atom stereocenters. The van der Waals surface area contributed by atoms with Gasteiger partial charge >= 0.3 is 0 Å². The van der Waals surface area contributed by atoms with Crippen LogP contribution in [0, 0.1) is 6.92 Å². The molecule has 0 spiro atoms. The summed E-state index contributed by atoms with van der Waals surface area (Å²) in [6.07, 6.45) is 3.39. The normalized spacial score (nSPS) is 12.4. The summed E-state index contributed by atoms with van der Waals surface area (Å²) in [5, 5.41) is 23.4. The first kappa shape index (κ1) is 18.9. The molecule has 9 heteroatoms. The van der Waals surface area contributed by atoms with Gasteiger partial charge in [-0.3, -0.25) is 4.99 Å². The number of hydrogen-bond donors (Lipinski definition) is 2. The Bertz CT molecular complexity index is 1280. The Morgan fingerprint density at radius 2 is 2.07 bits per heavy atom. The average molecular weight is 438 g/mol. The predicted octanol–water partition coefficient (Wildman–Crippen LogP) is 4.99. The van der Waals surface area contributed by atoms with Gasteiger partial charge in [-0.05, 0) is 42.3 Å². The van der Waals surface area contributed by atoms with Crippen LogP contribution in [0.15, 0.2) is 46.0 Å². The number of fused-ring (bicyclic) bond motifs is 1. The van der Waals surface area contributed by atoms with Crippen LogP contribution in [-0.2, 0) is 13.2 Å². The predicted molar refractivity (Wildman–Crippen MR) is 118 cm³/mol. The van der Waals surface area contributed by atoms with Gasteiger partial charge in [-0.15, -0.1) is 10.2 Å². The van der Waals surface area contributed by atoms with E-state index in [1.54, 1.807) is 12.5 Å². The largest absolute Gasteiger partial charge is 0.444 e. The fourth-order valence-corrected chi connectivity index (χ4v) is 4.29. The lowest BCUT2D eigenvalue weighted by Gasteiger charge is -2.08. The molecule has 3 heterocycles. The first-order valence-electron chi connectivity index (χ1n) is 9.20. The number of nitrogens with one attached hydrogen (secondary N) is 1. The van der Waals surface area contributed by atoms with Crippen molar-refractivity contribution in [2.24, 2.45) is 4.99 Å². The van der Waals surface area contributed by atoms with Crippen LogP contribution >= 0.6 is 22.9 Å². The number of benzene rings is 2. The second kappa shape index (κ2) is 7.64. The highest BCUT2D eigenvalue weighted by Crippen LogP contribution is 2.36. The third-order valence-electron chi connectivity index (χ3n) is 4.71. The number of anilines is 2. The van der Waals surface area contributed by atoms with E-state index in [0.29, 0.717) is 27.6 Å². The van der Waals surface area contributed by atoms with Crippen LogP contribution in [0.1, 0.15) is 22.4 Å². The van der Waals surface area contributed by atoms with Crippen LogP contribution in [0.5, 0.6) is 0 Å². The zero-order chi connectivity index (χ0) is 20.7. The van der Waals surface area contributed by atoms with Crippen LogP contribution < -0.4 is 5.32 Å². The molecule has 0 bridgehead atoms. The minimum Gasteiger partial charge on any atom is -0.444 e. The fraction of sp³-hybridized carbons (Fsp3) is 0.143. The molecule has 2 aromatic carbocycles. The molecule has 1 aliphatic rings. The first-order valence-corrected chi connectivity index (χ1v) is 10.4. The molecule has 30 heavy (non-hydrogen) atoms. The van der Waals surface area contributed by atoms with Gasteiger partial charge in [-0.25, -0.2) is 4.98 Å². The Hall–Kier alpha value is -3.07. The van der Waals surface area contributed by atoms with Gasteiger partial charge in [0.1, 0.15) is 11.3 Å². The van der Waals surface area contributed by atoms with Crippen molar-refractivity contribution in [3.8, 4) is 22.0 Å². The molecule has 7 nitrogen and oxygen atoms in total. The summed E-state index contributed by atoms with van der Waals surface area (Å²) in [4.78, 5) is 8.63. The maximum atomic E-state index is 9.67. The van der Waals surface area contributed by atoms with E-state index in [0.717, 1.165) is 39.2 Å². The van der Waals surface area contributed by atoms with Gasteiger partial charge < -0.3 is 14.8 Å². The van der Waals surface area contributed by atoms with E-state index < -0.39 is 0 Å². The van der Waals surface area contributed by atoms with Gasteiger partial charge in [0.15, 0.2) is 0 Å². The van der Waals surface area contributed by atoms with Crippen LogP contribution in [0.4, 0.5) is 10.8 Å². The molecular weight excluding hydrogens is 422 g/mol. The molecule has 0 aliphatic carbocycles. The number of aryl methyl sites for hydroxylation is 1. The van der Waals surface area contributed by atoms with Crippen LogP contribution in [0.2, 0.25) is 5.02 Å². The van der Waals surface area contributed by atoms with Gasteiger partial charge in [0, 0.05) is 22.9 Å². The van der Waals surface area contributed by atoms with Crippen LogP contribution in [-0.4, -0.2) is 26.5 Å². The van der Waals surface area contributed by atoms with Crippen molar-refractivity contribution in [3.63, 3.8) is 0 Å². The number of rotatable bonds is 5. The molecule has 0 amide bonds. The third kappa shape index (κ3) is 3.49. The van der Waals surface area contributed by atoms with Gasteiger partial charge in [0.25, 0.3) is 0 Å². The minimum absolute atomic E-state index is 0.100. The van der Waals surface area contributed by atoms with Crippen LogP contribution in [0.3, 0.4) is 0 Å². The molecule has 150 valence electrons. The number of oxazole rings is 1. The van der Waals surface area contributed by atoms with Crippen molar-refractivity contribution >= 4 is 40.0 Å². The zero-order valence-electron chi connectivity index (χ0n) is 15.9. The molecule has 2 N–H and O–H groups in total. The van der Waals surface area contributed by atoms with Gasteiger partial charge in [-0.1, -0.05) is 29.0 Å². The zero-order valence-corrected chi connectivity index (χ0v) is 17.5. The lowest BCUT2D eigenvalue weighted by atomic mass is 10.1. The second-order valence-electron chi connectivity index (χ2n) is 6.88. The highest BCUT2D eigenvalue weighted by atomic mass is 35.5. The number of aliphatic imine (C=N–C) groups is 1. The lowest BCUT2D eigenvalue weighted by Crippen LogP contribution is -1.94. The average Bonchev–Trinajstić information content (AvgIpc) is 3.50. The Morgan fingerprint density at radius 1 is 1.20 bits per heavy atom. The molecule has 0 saturated heterocycles. The number of aliphatic hydroxyl groups is 1. The SMILES string of the molecule is Cc1coc(-c2cc(CO)cc(-c3nnc(Nc4ccc5c(c4Cl)C=NC5)s3)c2)n1. The molecule has 4 aromatic rings. The van der Waals surface area contributed by atoms with Gasteiger partial charge in [0.2, 0.25) is 11.0 Å². The molecule has 5 rings (SSSR count). The van der Waals surface area contributed by atoms with Gasteiger partial charge in [-0.2, -0.15) is 0 Å².